The zero-order chi connectivity index (χ0) is 23.5. The van der Waals surface area contributed by atoms with Crippen LogP contribution in [0.25, 0.3) is 10.9 Å². The number of aryl methyl sites for hydroxylation is 1. The molecule has 3 rings (SSSR count). The smallest absolute Gasteiger partial charge is 0.407 e. The lowest BCUT2D eigenvalue weighted by Gasteiger charge is -2.35. The third kappa shape index (κ3) is 6.11. The van der Waals surface area contributed by atoms with Gasteiger partial charge in [0.2, 0.25) is 0 Å². The summed E-state index contributed by atoms with van der Waals surface area (Å²) in [6.07, 6.45) is 1.46. The predicted molar refractivity (Wildman–Crippen MR) is 123 cm³/mol. The second-order valence-corrected chi connectivity index (χ2v) is 9.68. The maximum Gasteiger partial charge on any atom is 0.407 e. The normalized spacial score (nSPS) is 21.2. The molecule has 1 aromatic carbocycles. The zero-order valence-corrected chi connectivity index (χ0v) is 19.6. The molecule has 1 unspecified atom stereocenters. The second-order valence-electron chi connectivity index (χ2n) is 9.68. The molecule has 32 heavy (non-hydrogen) atoms. The lowest BCUT2D eigenvalue weighted by atomic mass is 9.76. The van der Waals surface area contributed by atoms with Crippen LogP contribution in [0.1, 0.15) is 69.4 Å². The third-order valence-electron chi connectivity index (χ3n) is 5.84. The first-order chi connectivity index (χ1) is 15.1. The summed E-state index contributed by atoms with van der Waals surface area (Å²) < 4.78 is 10.6. The van der Waals surface area contributed by atoms with Crippen molar-refractivity contribution in [2.24, 2.45) is 11.8 Å². The molecule has 0 saturated heterocycles. The minimum absolute atomic E-state index is 0.00516. The van der Waals surface area contributed by atoms with Gasteiger partial charge in [0, 0.05) is 23.4 Å². The van der Waals surface area contributed by atoms with Crippen LogP contribution >= 0.6 is 0 Å². The molecule has 2 aromatic rings. The molecule has 1 saturated carbocycles. The summed E-state index contributed by atoms with van der Waals surface area (Å²) in [7, 11) is 0. The Bertz CT molecular complexity index is 988. The molecule has 7 heteroatoms. The minimum Gasteiger partial charge on any atom is -0.466 e. The number of carbonyl (C=O) groups is 3. The van der Waals surface area contributed by atoms with Gasteiger partial charge in [-0.15, -0.1) is 0 Å². The molecule has 1 aromatic heterocycles. The molecule has 1 aliphatic carbocycles. The number of rotatable bonds is 6. The molecule has 2 N–H and O–H groups in total. The van der Waals surface area contributed by atoms with Gasteiger partial charge in [-0.05, 0) is 78.0 Å². The maximum absolute atomic E-state index is 13.1. The first-order valence-electron chi connectivity index (χ1n) is 11.3. The fraction of sp³-hybridized carbons (Fsp3) is 0.560. The third-order valence-corrected chi connectivity index (χ3v) is 5.84. The Hall–Kier alpha value is -2.83. The summed E-state index contributed by atoms with van der Waals surface area (Å²) in [6.45, 7) is 9.51. The maximum atomic E-state index is 13.1. The molecule has 1 aliphatic rings. The van der Waals surface area contributed by atoms with E-state index in [4.69, 9.17) is 9.47 Å². The number of ether oxygens (including phenoxy) is 2. The molecule has 1 heterocycles. The van der Waals surface area contributed by atoms with E-state index in [-0.39, 0.29) is 36.1 Å². The lowest BCUT2D eigenvalue weighted by molar-refractivity contribution is -0.149. The molecule has 0 spiro atoms. The summed E-state index contributed by atoms with van der Waals surface area (Å²) in [5.74, 6) is -0.639. The number of fused-ring (bicyclic) bond motifs is 1. The molecule has 7 nitrogen and oxygen atoms in total. The highest BCUT2D eigenvalue weighted by atomic mass is 16.6. The van der Waals surface area contributed by atoms with Crippen molar-refractivity contribution in [2.75, 3.05) is 6.61 Å². The Balaban J connectivity index is 1.74. The van der Waals surface area contributed by atoms with E-state index in [9.17, 15) is 14.4 Å². The molecule has 0 bridgehead atoms. The van der Waals surface area contributed by atoms with Crippen molar-refractivity contribution in [3.8, 4) is 0 Å². The van der Waals surface area contributed by atoms with Gasteiger partial charge in [0.1, 0.15) is 5.60 Å². The van der Waals surface area contributed by atoms with Crippen LogP contribution in [0.4, 0.5) is 4.79 Å². The quantitative estimate of drug-likeness (QED) is 0.489. The molecule has 1 amide bonds. The largest absolute Gasteiger partial charge is 0.466 e. The molecule has 1 fully saturated rings. The van der Waals surface area contributed by atoms with Crippen molar-refractivity contribution in [3.63, 3.8) is 0 Å². The number of aromatic amines is 1. The van der Waals surface area contributed by atoms with Gasteiger partial charge in [0.05, 0.1) is 18.2 Å². The average molecular weight is 443 g/mol. The van der Waals surface area contributed by atoms with Gasteiger partial charge in [0.15, 0.2) is 5.78 Å². The topological polar surface area (TPSA) is 97.5 Å². The van der Waals surface area contributed by atoms with Crippen LogP contribution in [-0.4, -0.2) is 41.1 Å². The van der Waals surface area contributed by atoms with Crippen molar-refractivity contribution in [2.45, 2.75) is 71.9 Å². The Morgan fingerprint density at radius 2 is 1.91 bits per heavy atom. The monoisotopic (exact) mass is 442 g/mol. The molecule has 3 atom stereocenters. The number of carbonyl (C=O) groups excluding carboxylic acids is 3. The van der Waals surface area contributed by atoms with Crippen LogP contribution in [0.3, 0.4) is 0 Å². The highest BCUT2D eigenvalue weighted by Gasteiger charge is 2.37. The van der Waals surface area contributed by atoms with Gasteiger partial charge in [-0.2, -0.15) is 0 Å². The van der Waals surface area contributed by atoms with E-state index in [0.29, 0.717) is 31.6 Å². The van der Waals surface area contributed by atoms with Crippen molar-refractivity contribution in [1.29, 1.82) is 0 Å². The number of benzene rings is 1. The SMILES string of the molecule is CCOC(=O)[C@H]1CCC(CC(=O)c2cc3cc(C)ccc3[nH]2)[C@H](NC(=O)OC(C)(C)C)C1. The number of H-pyrrole nitrogens is 1. The van der Waals surface area contributed by atoms with Crippen LogP contribution in [0.15, 0.2) is 24.3 Å². The van der Waals surface area contributed by atoms with E-state index in [1.165, 1.54) is 0 Å². The molecule has 174 valence electrons. The fourth-order valence-electron chi connectivity index (χ4n) is 4.34. The van der Waals surface area contributed by atoms with Crippen molar-refractivity contribution >= 4 is 28.7 Å². The number of esters is 1. The van der Waals surface area contributed by atoms with Crippen molar-refractivity contribution < 1.29 is 23.9 Å². The summed E-state index contributed by atoms with van der Waals surface area (Å²) >= 11 is 0. The summed E-state index contributed by atoms with van der Waals surface area (Å²) in [5.41, 5.74) is 1.99. The highest BCUT2D eigenvalue weighted by molar-refractivity contribution is 5.99. The summed E-state index contributed by atoms with van der Waals surface area (Å²) in [5, 5.41) is 3.91. The number of hydrogen-bond donors (Lipinski definition) is 2. The Morgan fingerprint density at radius 3 is 2.59 bits per heavy atom. The molecule has 0 radical (unpaired) electrons. The Kier molecular flexibility index (Phi) is 7.26. The lowest BCUT2D eigenvalue weighted by Crippen LogP contribution is -2.47. The van der Waals surface area contributed by atoms with E-state index in [0.717, 1.165) is 16.5 Å². The predicted octanol–water partition coefficient (Wildman–Crippen LogP) is 4.92. The standard InChI is InChI=1S/C25H34N2O5/c1-6-31-23(29)17-9-8-16(20(12-17)27-24(30)32-25(3,4)5)14-22(28)21-13-18-11-15(2)7-10-19(18)26-21/h7,10-11,13,16-17,20,26H,6,8-9,12,14H2,1-5H3,(H,27,30)/t16?,17-,20+/m0/s1. The van der Waals surface area contributed by atoms with Crippen LogP contribution in [0, 0.1) is 18.8 Å². The van der Waals surface area contributed by atoms with Gasteiger partial charge in [-0.1, -0.05) is 11.6 Å². The number of alkyl carbamates (subject to hydrolysis) is 1. The van der Waals surface area contributed by atoms with E-state index in [1.807, 2.05) is 31.2 Å². The van der Waals surface area contributed by atoms with Crippen LogP contribution in [0.5, 0.6) is 0 Å². The van der Waals surface area contributed by atoms with Crippen molar-refractivity contribution in [3.05, 3.63) is 35.5 Å². The average Bonchev–Trinajstić information content (AvgIpc) is 3.11. The highest BCUT2D eigenvalue weighted by Crippen LogP contribution is 2.33. The molecule has 0 aliphatic heterocycles. The molecular formula is C25H34N2O5. The van der Waals surface area contributed by atoms with Gasteiger partial charge in [-0.25, -0.2) is 4.79 Å². The Labute approximate surface area is 189 Å². The number of aromatic nitrogens is 1. The van der Waals surface area contributed by atoms with Crippen LogP contribution in [0.2, 0.25) is 0 Å². The first kappa shape index (κ1) is 23.8. The van der Waals surface area contributed by atoms with E-state index < -0.39 is 11.7 Å². The van der Waals surface area contributed by atoms with Gasteiger partial charge in [-0.3, -0.25) is 9.59 Å². The number of amides is 1. The number of ketones is 1. The minimum atomic E-state index is -0.632. The van der Waals surface area contributed by atoms with Gasteiger partial charge < -0.3 is 19.8 Å². The van der Waals surface area contributed by atoms with Crippen LogP contribution < -0.4 is 5.32 Å². The second kappa shape index (κ2) is 9.76. The Morgan fingerprint density at radius 1 is 1.16 bits per heavy atom. The van der Waals surface area contributed by atoms with Gasteiger partial charge >= 0.3 is 12.1 Å². The van der Waals surface area contributed by atoms with Crippen LogP contribution in [-0.2, 0) is 14.3 Å². The molecular weight excluding hydrogens is 408 g/mol. The van der Waals surface area contributed by atoms with E-state index in [1.54, 1.807) is 27.7 Å². The number of nitrogens with one attached hydrogen (secondary N) is 2. The first-order valence-corrected chi connectivity index (χ1v) is 11.3. The summed E-state index contributed by atoms with van der Waals surface area (Å²) in [6, 6.07) is 7.55. The van der Waals surface area contributed by atoms with Crippen molar-refractivity contribution in [1.82, 2.24) is 10.3 Å². The van der Waals surface area contributed by atoms with Gasteiger partial charge in [0.25, 0.3) is 0 Å². The fourth-order valence-corrected chi connectivity index (χ4v) is 4.34. The van der Waals surface area contributed by atoms with E-state index >= 15 is 0 Å². The van der Waals surface area contributed by atoms with E-state index in [2.05, 4.69) is 10.3 Å². The number of hydrogen-bond acceptors (Lipinski definition) is 5. The zero-order valence-electron chi connectivity index (χ0n) is 19.6. The number of Topliss-reactive ketones (excluding diaryl/α,β-unsaturated/α-hetero) is 1. The summed E-state index contributed by atoms with van der Waals surface area (Å²) in [4.78, 5) is 41.0.